The molecule has 0 aromatic heterocycles. The SMILES string of the molecule is COc1ccc(NC(=O)COC(=O)CCNC(C)=O)c(OC)c1. The Bertz CT molecular complexity index is 573. The van der Waals surface area contributed by atoms with Crippen LogP contribution in [-0.2, 0) is 19.1 Å². The number of benzene rings is 1. The van der Waals surface area contributed by atoms with Gasteiger partial charge in [-0.1, -0.05) is 0 Å². The number of esters is 1. The van der Waals surface area contributed by atoms with E-state index in [-0.39, 0.29) is 18.9 Å². The van der Waals surface area contributed by atoms with Crippen molar-refractivity contribution in [2.24, 2.45) is 0 Å². The Kier molecular flexibility index (Phi) is 7.38. The molecule has 1 rings (SSSR count). The van der Waals surface area contributed by atoms with Gasteiger partial charge < -0.3 is 24.8 Å². The van der Waals surface area contributed by atoms with E-state index in [1.54, 1.807) is 18.2 Å². The second-order valence-corrected chi connectivity index (χ2v) is 4.51. The highest BCUT2D eigenvalue weighted by Crippen LogP contribution is 2.28. The maximum absolute atomic E-state index is 11.8. The summed E-state index contributed by atoms with van der Waals surface area (Å²) < 4.78 is 15.0. The molecule has 1 aromatic rings. The molecule has 0 atom stereocenters. The topological polar surface area (TPSA) is 103 Å². The molecule has 0 saturated heterocycles. The molecule has 0 spiro atoms. The van der Waals surface area contributed by atoms with Crippen LogP contribution in [0.5, 0.6) is 11.5 Å². The smallest absolute Gasteiger partial charge is 0.308 e. The van der Waals surface area contributed by atoms with Crippen LogP contribution in [0.15, 0.2) is 18.2 Å². The first-order valence-corrected chi connectivity index (χ1v) is 6.88. The van der Waals surface area contributed by atoms with Crippen molar-refractivity contribution in [1.29, 1.82) is 0 Å². The second-order valence-electron chi connectivity index (χ2n) is 4.51. The molecule has 2 amide bonds. The maximum Gasteiger partial charge on any atom is 0.308 e. The van der Waals surface area contributed by atoms with Gasteiger partial charge in [0.05, 0.1) is 26.3 Å². The van der Waals surface area contributed by atoms with Crippen LogP contribution in [0.25, 0.3) is 0 Å². The van der Waals surface area contributed by atoms with Crippen LogP contribution >= 0.6 is 0 Å². The van der Waals surface area contributed by atoms with Gasteiger partial charge in [0.1, 0.15) is 11.5 Å². The van der Waals surface area contributed by atoms with E-state index in [1.165, 1.54) is 21.1 Å². The van der Waals surface area contributed by atoms with Gasteiger partial charge in [0.25, 0.3) is 5.91 Å². The molecule has 0 unspecified atom stereocenters. The predicted octanol–water partition coefficient (Wildman–Crippen LogP) is 0.712. The average Bonchev–Trinajstić information content (AvgIpc) is 2.53. The van der Waals surface area contributed by atoms with Crippen molar-refractivity contribution in [3.63, 3.8) is 0 Å². The van der Waals surface area contributed by atoms with Crippen LogP contribution < -0.4 is 20.1 Å². The number of methoxy groups -OCH3 is 2. The number of amides is 2. The van der Waals surface area contributed by atoms with E-state index in [4.69, 9.17) is 14.2 Å². The van der Waals surface area contributed by atoms with E-state index in [9.17, 15) is 14.4 Å². The summed E-state index contributed by atoms with van der Waals surface area (Å²) in [6.45, 7) is 1.09. The third kappa shape index (κ3) is 6.68. The van der Waals surface area contributed by atoms with Crippen LogP contribution in [0.1, 0.15) is 13.3 Å². The van der Waals surface area contributed by atoms with E-state index in [2.05, 4.69) is 10.6 Å². The zero-order valence-electron chi connectivity index (χ0n) is 13.3. The summed E-state index contributed by atoms with van der Waals surface area (Å²) in [5.74, 6) is -0.294. The highest BCUT2D eigenvalue weighted by atomic mass is 16.5. The Morgan fingerprint density at radius 3 is 2.48 bits per heavy atom. The maximum atomic E-state index is 11.8. The molecular weight excluding hydrogens is 304 g/mol. The van der Waals surface area contributed by atoms with Crippen LogP contribution in [0.4, 0.5) is 5.69 Å². The molecule has 2 N–H and O–H groups in total. The van der Waals surface area contributed by atoms with E-state index >= 15 is 0 Å². The van der Waals surface area contributed by atoms with Crippen molar-refractivity contribution in [3.8, 4) is 11.5 Å². The molecule has 8 nitrogen and oxygen atoms in total. The van der Waals surface area contributed by atoms with Crippen molar-refractivity contribution in [1.82, 2.24) is 5.32 Å². The molecule has 23 heavy (non-hydrogen) atoms. The Balaban J connectivity index is 2.44. The minimum absolute atomic E-state index is 0.00127. The molecular formula is C15H20N2O6. The van der Waals surface area contributed by atoms with Gasteiger partial charge in [0.15, 0.2) is 6.61 Å². The van der Waals surface area contributed by atoms with Gasteiger partial charge >= 0.3 is 5.97 Å². The number of anilines is 1. The molecule has 0 aliphatic rings. The Labute approximate surface area is 134 Å². The van der Waals surface area contributed by atoms with Crippen LogP contribution in [0.3, 0.4) is 0 Å². The van der Waals surface area contributed by atoms with E-state index in [0.29, 0.717) is 17.2 Å². The first kappa shape index (κ1) is 18.3. The molecule has 126 valence electrons. The molecule has 1 aromatic carbocycles. The lowest BCUT2D eigenvalue weighted by molar-refractivity contribution is -0.147. The summed E-state index contributed by atoms with van der Waals surface area (Å²) in [5.41, 5.74) is 0.438. The fourth-order valence-corrected chi connectivity index (χ4v) is 1.65. The van der Waals surface area contributed by atoms with Gasteiger partial charge in [0.2, 0.25) is 5.91 Å². The number of ether oxygens (including phenoxy) is 3. The van der Waals surface area contributed by atoms with Gasteiger partial charge in [0, 0.05) is 19.5 Å². The molecule has 0 heterocycles. The van der Waals surface area contributed by atoms with Gasteiger partial charge in [-0.3, -0.25) is 14.4 Å². The van der Waals surface area contributed by atoms with Crippen molar-refractivity contribution >= 4 is 23.5 Å². The molecule has 8 heteroatoms. The Morgan fingerprint density at radius 2 is 1.87 bits per heavy atom. The summed E-state index contributed by atoms with van der Waals surface area (Å²) in [5, 5.41) is 5.04. The van der Waals surface area contributed by atoms with Gasteiger partial charge in [-0.15, -0.1) is 0 Å². The number of carbonyl (C=O) groups is 3. The third-order valence-electron chi connectivity index (χ3n) is 2.75. The van der Waals surface area contributed by atoms with E-state index in [1.807, 2.05) is 0 Å². The minimum atomic E-state index is -0.574. The summed E-state index contributed by atoms with van der Waals surface area (Å²) in [6, 6.07) is 4.90. The number of nitrogens with one attached hydrogen (secondary N) is 2. The highest BCUT2D eigenvalue weighted by Gasteiger charge is 2.11. The fraction of sp³-hybridized carbons (Fsp3) is 0.400. The standard InChI is InChI=1S/C15H20N2O6/c1-10(18)16-7-6-15(20)23-9-14(19)17-12-5-4-11(21-2)8-13(12)22-3/h4-5,8H,6-7,9H2,1-3H3,(H,16,18)(H,17,19). The number of hydrogen-bond donors (Lipinski definition) is 2. The summed E-state index contributed by atoms with van der Waals surface area (Å²) in [6.07, 6.45) is -0.00127. The molecule has 0 saturated carbocycles. The lowest BCUT2D eigenvalue weighted by Gasteiger charge is -2.11. The zero-order chi connectivity index (χ0) is 17.2. The largest absolute Gasteiger partial charge is 0.497 e. The van der Waals surface area contributed by atoms with Crippen molar-refractivity contribution in [2.75, 3.05) is 32.7 Å². The molecule has 0 fully saturated rings. The van der Waals surface area contributed by atoms with Crippen LogP contribution in [0.2, 0.25) is 0 Å². The third-order valence-corrected chi connectivity index (χ3v) is 2.75. The second kappa shape index (κ2) is 9.29. The van der Waals surface area contributed by atoms with Gasteiger partial charge in [-0.2, -0.15) is 0 Å². The van der Waals surface area contributed by atoms with Crippen molar-refractivity contribution in [3.05, 3.63) is 18.2 Å². The Morgan fingerprint density at radius 1 is 1.13 bits per heavy atom. The molecule has 0 bridgehead atoms. The monoisotopic (exact) mass is 324 g/mol. The fourth-order valence-electron chi connectivity index (χ4n) is 1.65. The highest BCUT2D eigenvalue weighted by molar-refractivity contribution is 5.94. The minimum Gasteiger partial charge on any atom is -0.497 e. The quantitative estimate of drug-likeness (QED) is 0.683. The first-order valence-electron chi connectivity index (χ1n) is 6.88. The van der Waals surface area contributed by atoms with Crippen LogP contribution in [0, 0.1) is 0 Å². The first-order chi connectivity index (χ1) is 11.0. The van der Waals surface area contributed by atoms with E-state index < -0.39 is 18.5 Å². The molecule has 0 radical (unpaired) electrons. The van der Waals surface area contributed by atoms with Gasteiger partial charge in [-0.25, -0.2) is 0 Å². The van der Waals surface area contributed by atoms with E-state index in [0.717, 1.165) is 0 Å². The summed E-state index contributed by atoms with van der Waals surface area (Å²) >= 11 is 0. The van der Waals surface area contributed by atoms with Crippen molar-refractivity contribution in [2.45, 2.75) is 13.3 Å². The number of hydrogen-bond acceptors (Lipinski definition) is 6. The zero-order valence-corrected chi connectivity index (χ0v) is 13.3. The molecule has 0 aliphatic carbocycles. The predicted molar refractivity (Wildman–Crippen MR) is 82.4 cm³/mol. The summed E-state index contributed by atoms with van der Waals surface area (Å²) in [7, 11) is 2.99. The average molecular weight is 324 g/mol. The lowest BCUT2D eigenvalue weighted by atomic mass is 10.2. The van der Waals surface area contributed by atoms with Crippen LogP contribution in [-0.4, -0.2) is 45.2 Å². The normalized spacial score (nSPS) is 9.70. The Hall–Kier alpha value is -2.77. The van der Waals surface area contributed by atoms with Gasteiger partial charge in [-0.05, 0) is 12.1 Å². The lowest BCUT2D eigenvalue weighted by Crippen LogP contribution is -2.26. The number of carbonyl (C=O) groups excluding carboxylic acids is 3. The molecule has 0 aliphatic heterocycles. The number of rotatable bonds is 8. The van der Waals surface area contributed by atoms with Crippen molar-refractivity contribution < 1.29 is 28.6 Å². The summed E-state index contributed by atoms with van der Waals surface area (Å²) in [4.78, 5) is 33.8.